The van der Waals surface area contributed by atoms with Gasteiger partial charge in [0.25, 0.3) is 0 Å². The van der Waals surface area contributed by atoms with Crippen molar-refractivity contribution in [2.24, 2.45) is 4.99 Å². The fourth-order valence-corrected chi connectivity index (χ4v) is 6.00. The molecule has 0 aliphatic rings. The molecular formula is C29H42N2OSSi. The summed E-state index contributed by atoms with van der Waals surface area (Å²) in [6.07, 6.45) is 2.04. The Hall–Kier alpha value is -1.98. The molecule has 0 heterocycles. The van der Waals surface area contributed by atoms with E-state index in [0.29, 0.717) is 23.7 Å². The Labute approximate surface area is 214 Å². The van der Waals surface area contributed by atoms with Crippen LogP contribution in [0.15, 0.2) is 53.2 Å². The van der Waals surface area contributed by atoms with Crippen LogP contribution in [-0.4, -0.2) is 13.7 Å². The van der Waals surface area contributed by atoms with Crippen molar-refractivity contribution in [2.45, 2.75) is 92.9 Å². The fraction of sp³-hybridized carbons (Fsp3) is 0.483. The summed E-state index contributed by atoms with van der Waals surface area (Å²) in [6.45, 7) is 21.6. The molecule has 0 radical (unpaired) electrons. The number of hydrogen-bond donors (Lipinski definition) is 1. The van der Waals surface area contributed by atoms with Crippen LogP contribution in [0.2, 0.25) is 0 Å². The number of aliphatic imine (C=N–C) groups is 1. The van der Waals surface area contributed by atoms with Gasteiger partial charge in [-0.25, -0.2) is 0 Å². The summed E-state index contributed by atoms with van der Waals surface area (Å²) in [4.78, 5) is 5.09. The minimum Gasteiger partial charge on any atom is -0.345 e. The molecule has 0 saturated heterocycles. The normalized spacial score (nSPS) is 12.9. The summed E-state index contributed by atoms with van der Waals surface area (Å²) < 4.78 is 15.0. The number of nitrogens with zero attached hydrogens (tertiary/aromatic N) is 2. The first kappa shape index (κ1) is 28.3. The van der Waals surface area contributed by atoms with Gasteiger partial charge in [0.1, 0.15) is 0 Å². The highest BCUT2D eigenvalue weighted by molar-refractivity contribution is 8.08. The number of anilines is 1. The van der Waals surface area contributed by atoms with E-state index in [1.807, 2.05) is 24.5 Å². The summed E-state index contributed by atoms with van der Waals surface area (Å²) >= 11 is 4.47. The summed E-state index contributed by atoms with van der Waals surface area (Å²) in [5, 5.41) is 0. The molecule has 0 aromatic heterocycles. The van der Waals surface area contributed by atoms with Gasteiger partial charge in [-0.05, 0) is 65.8 Å². The van der Waals surface area contributed by atoms with Crippen LogP contribution in [0.25, 0.3) is 0 Å². The molecule has 0 aliphatic carbocycles. The van der Waals surface area contributed by atoms with Crippen molar-refractivity contribution < 1.29 is 4.46 Å². The molecule has 0 unspecified atom stereocenters. The van der Waals surface area contributed by atoms with Gasteiger partial charge in [0.2, 0.25) is 0 Å². The largest absolute Gasteiger partial charge is 0.472 e. The number of thiol groups is 1. The summed E-state index contributed by atoms with van der Waals surface area (Å²) in [5.41, 5.74) is 8.75. The smallest absolute Gasteiger partial charge is 0.345 e. The molecule has 5 heteroatoms. The summed E-state index contributed by atoms with van der Waals surface area (Å²) in [6, 6.07) is 12.9. The van der Waals surface area contributed by atoms with Crippen molar-refractivity contribution in [3.63, 3.8) is 0 Å². The van der Waals surface area contributed by atoms with Crippen molar-refractivity contribution in [1.29, 1.82) is 0 Å². The third-order valence-electron chi connectivity index (χ3n) is 6.16. The van der Waals surface area contributed by atoms with Crippen LogP contribution in [0.3, 0.4) is 0 Å². The molecule has 0 N–H and O–H groups in total. The quantitative estimate of drug-likeness (QED) is 0.214. The Morgan fingerprint density at radius 2 is 1.18 bits per heavy atom. The third kappa shape index (κ3) is 6.57. The van der Waals surface area contributed by atoms with Gasteiger partial charge >= 0.3 is 7.99 Å². The van der Waals surface area contributed by atoms with Crippen molar-refractivity contribution in [1.82, 2.24) is 0 Å². The van der Waals surface area contributed by atoms with E-state index in [-0.39, 0.29) is 0 Å². The summed E-state index contributed by atoms with van der Waals surface area (Å²) in [5.74, 6) is 1.37. The van der Waals surface area contributed by atoms with Crippen molar-refractivity contribution in [3.05, 3.63) is 70.4 Å². The third-order valence-corrected chi connectivity index (χ3v) is 7.72. The lowest BCUT2D eigenvalue weighted by Gasteiger charge is -2.29. The van der Waals surface area contributed by atoms with Crippen LogP contribution in [0.4, 0.5) is 11.4 Å². The zero-order chi connectivity index (χ0) is 25.7. The van der Waals surface area contributed by atoms with E-state index >= 15 is 0 Å². The standard InChI is InChI=1S/C29H42N2OSSi/c1-18(2)24-13-11-14-25(19(3)4)28(24)30-22(9)17-23(10)31(34(32)33)29-26(20(5)6)15-12-16-27(29)21(7)8/h11-21,33H,1-10H3/b23-17-,30-22?. The molecule has 34 heavy (non-hydrogen) atoms. The zero-order valence-corrected chi connectivity index (χ0v) is 24.5. The molecule has 184 valence electrons. The Morgan fingerprint density at radius 1 is 0.794 bits per heavy atom. The minimum atomic E-state index is -2.34. The Bertz CT molecular complexity index is 1030. The maximum absolute atomic E-state index is 13.1. The van der Waals surface area contributed by atoms with E-state index in [2.05, 4.69) is 104 Å². The molecule has 0 atom stereocenters. The molecule has 2 aromatic rings. The van der Waals surface area contributed by atoms with E-state index in [1.165, 1.54) is 22.3 Å². The second-order valence-corrected chi connectivity index (χ2v) is 12.5. The molecule has 0 bridgehead atoms. The van der Waals surface area contributed by atoms with Crippen LogP contribution in [0.5, 0.6) is 0 Å². The van der Waals surface area contributed by atoms with E-state index in [9.17, 15) is 4.46 Å². The number of hydrogen-bond acceptors (Lipinski definition) is 2. The molecule has 3 nitrogen and oxygen atoms in total. The highest BCUT2D eigenvalue weighted by Crippen LogP contribution is 2.38. The van der Waals surface area contributed by atoms with Crippen LogP contribution < -0.4 is 4.57 Å². The average molecular weight is 495 g/mol. The monoisotopic (exact) mass is 494 g/mol. The van der Waals surface area contributed by atoms with E-state index in [1.54, 1.807) is 0 Å². The van der Waals surface area contributed by atoms with Crippen LogP contribution in [0.1, 0.15) is 115 Å². The molecule has 2 aromatic carbocycles. The van der Waals surface area contributed by atoms with Crippen LogP contribution >= 0.6 is 12.1 Å². The van der Waals surface area contributed by atoms with Gasteiger partial charge in [-0.2, -0.15) is 0 Å². The molecule has 0 spiro atoms. The highest BCUT2D eigenvalue weighted by atomic mass is 32.3. The van der Waals surface area contributed by atoms with Crippen LogP contribution in [-0.2, 0) is 4.46 Å². The molecule has 2 rings (SSSR count). The molecule has 0 aliphatic heterocycles. The first-order valence-corrected chi connectivity index (χ1v) is 15.0. The molecular weight excluding hydrogens is 452 g/mol. The Kier molecular flexibility index (Phi) is 10.1. The van der Waals surface area contributed by atoms with E-state index < -0.39 is 7.99 Å². The van der Waals surface area contributed by atoms with Crippen molar-refractivity contribution in [2.75, 3.05) is 4.57 Å². The van der Waals surface area contributed by atoms with Crippen LogP contribution in [0, 0.1) is 0 Å². The lowest BCUT2D eigenvalue weighted by molar-refractivity contribution is 0.572. The maximum atomic E-state index is 13.1. The van der Waals surface area contributed by atoms with Gasteiger partial charge in [0.15, 0.2) is 0 Å². The van der Waals surface area contributed by atoms with Crippen molar-refractivity contribution in [3.8, 4) is 0 Å². The minimum absolute atomic E-state index is 0.306. The molecule has 0 fully saturated rings. The van der Waals surface area contributed by atoms with Gasteiger partial charge in [-0.3, -0.25) is 4.99 Å². The molecule has 0 amide bonds. The predicted octanol–water partition coefficient (Wildman–Crippen LogP) is 9.03. The SMILES string of the molecule is CC(/C=C(/C)N(c1c(C(C)C)cccc1C(C)C)[Si](=O)S)=Nc1c(C(C)C)cccc1C(C)C. The van der Waals surface area contributed by atoms with Gasteiger partial charge in [-0.15, -0.1) is 12.1 Å². The Morgan fingerprint density at radius 3 is 1.53 bits per heavy atom. The van der Waals surface area contributed by atoms with Gasteiger partial charge in [0.05, 0.1) is 5.69 Å². The predicted molar refractivity (Wildman–Crippen MR) is 154 cm³/mol. The van der Waals surface area contributed by atoms with Crippen molar-refractivity contribution >= 4 is 37.2 Å². The second kappa shape index (κ2) is 12.1. The lowest BCUT2D eigenvalue weighted by atomic mass is 9.92. The average Bonchev–Trinajstić information content (AvgIpc) is 2.72. The van der Waals surface area contributed by atoms with Gasteiger partial charge in [-0.1, -0.05) is 91.8 Å². The van der Waals surface area contributed by atoms with Gasteiger partial charge in [0, 0.05) is 17.1 Å². The number of para-hydroxylation sites is 2. The van der Waals surface area contributed by atoms with Gasteiger partial charge < -0.3 is 9.03 Å². The highest BCUT2D eigenvalue weighted by Gasteiger charge is 2.25. The number of benzene rings is 2. The summed E-state index contributed by atoms with van der Waals surface area (Å²) in [7, 11) is -2.34. The number of allylic oxidation sites excluding steroid dienone is 2. The first-order chi connectivity index (χ1) is 15.9. The zero-order valence-electron chi connectivity index (χ0n) is 22.6. The Balaban J connectivity index is 2.68. The second-order valence-electron chi connectivity index (χ2n) is 10.3. The topological polar surface area (TPSA) is 32.7 Å². The van der Waals surface area contributed by atoms with E-state index in [0.717, 1.165) is 22.8 Å². The molecule has 0 saturated carbocycles. The fourth-order valence-electron chi connectivity index (χ4n) is 4.41. The number of rotatable bonds is 9. The first-order valence-electron chi connectivity index (χ1n) is 12.4. The van der Waals surface area contributed by atoms with E-state index in [4.69, 9.17) is 4.99 Å². The maximum Gasteiger partial charge on any atom is 0.472 e. The lowest BCUT2D eigenvalue weighted by Crippen LogP contribution is -2.30.